The molecule has 2 N–H and O–H groups in total. The molecule has 0 radical (unpaired) electrons. The van der Waals surface area contributed by atoms with Gasteiger partial charge in [-0.1, -0.05) is 13.8 Å². The number of hydrogen-bond acceptors (Lipinski definition) is 3. The number of carbonyl (C=O) groups excluding carboxylic acids is 2. The molecular weight excluding hydrogens is 304 g/mol. The van der Waals surface area contributed by atoms with Crippen molar-refractivity contribution in [1.82, 2.24) is 14.7 Å². The number of urea groups is 1. The number of amides is 3. The van der Waals surface area contributed by atoms with Crippen LogP contribution < -0.4 is 5.73 Å². The summed E-state index contributed by atoms with van der Waals surface area (Å²) < 4.78 is 0. The number of piperidine rings is 1. The summed E-state index contributed by atoms with van der Waals surface area (Å²) in [7, 11) is 1.87. The molecule has 3 amide bonds. The van der Waals surface area contributed by atoms with Crippen LogP contribution in [0.5, 0.6) is 0 Å². The number of nitrogens with two attached hydrogens (primary N) is 1. The van der Waals surface area contributed by atoms with Crippen molar-refractivity contribution < 1.29 is 9.59 Å². The molecule has 2 saturated heterocycles. The van der Waals surface area contributed by atoms with E-state index in [0.717, 1.165) is 45.2 Å². The third kappa shape index (κ3) is 4.85. The molecule has 0 spiro atoms. The highest BCUT2D eigenvalue weighted by molar-refractivity contribution is 5.79. The van der Waals surface area contributed by atoms with Crippen LogP contribution in [0, 0.1) is 11.8 Å². The maximum atomic E-state index is 12.6. The molecule has 6 nitrogen and oxygen atoms in total. The highest BCUT2D eigenvalue weighted by Crippen LogP contribution is 2.22. The molecule has 2 heterocycles. The predicted molar refractivity (Wildman–Crippen MR) is 95.6 cm³/mol. The van der Waals surface area contributed by atoms with Crippen molar-refractivity contribution in [3.63, 3.8) is 0 Å². The summed E-state index contributed by atoms with van der Waals surface area (Å²) in [5, 5.41) is 0. The second-order valence-corrected chi connectivity index (χ2v) is 7.69. The van der Waals surface area contributed by atoms with E-state index < -0.39 is 0 Å². The lowest BCUT2D eigenvalue weighted by molar-refractivity contribution is -0.135. The van der Waals surface area contributed by atoms with E-state index in [9.17, 15) is 9.59 Å². The molecule has 2 fully saturated rings. The normalized spacial score (nSPS) is 20.5. The van der Waals surface area contributed by atoms with Crippen LogP contribution in [0.3, 0.4) is 0 Å². The third-order valence-corrected chi connectivity index (χ3v) is 5.52. The van der Waals surface area contributed by atoms with Crippen molar-refractivity contribution in [3.05, 3.63) is 0 Å². The number of rotatable bonds is 5. The van der Waals surface area contributed by atoms with E-state index in [1.54, 1.807) is 0 Å². The molecule has 0 aromatic heterocycles. The van der Waals surface area contributed by atoms with Gasteiger partial charge in [-0.2, -0.15) is 0 Å². The topological polar surface area (TPSA) is 69.9 Å². The van der Waals surface area contributed by atoms with E-state index >= 15 is 0 Å². The van der Waals surface area contributed by atoms with E-state index in [2.05, 4.69) is 13.8 Å². The fourth-order valence-corrected chi connectivity index (χ4v) is 3.52. The molecular formula is C18H34N4O2. The minimum atomic E-state index is 0.0490. The highest BCUT2D eigenvalue weighted by atomic mass is 16.2. The number of likely N-dealkylation sites (tertiary alicyclic amines) is 2. The summed E-state index contributed by atoms with van der Waals surface area (Å²) in [6, 6.07) is 0.301. The number of hydrogen-bond donors (Lipinski definition) is 1. The second-order valence-electron chi connectivity index (χ2n) is 7.69. The first-order chi connectivity index (χ1) is 11.4. The average Bonchev–Trinajstić information content (AvgIpc) is 3.12. The first-order valence-electron chi connectivity index (χ1n) is 9.44. The van der Waals surface area contributed by atoms with Crippen molar-refractivity contribution in [3.8, 4) is 0 Å². The molecule has 0 aromatic carbocycles. The van der Waals surface area contributed by atoms with Gasteiger partial charge in [0.2, 0.25) is 5.91 Å². The minimum Gasteiger partial charge on any atom is -0.345 e. The van der Waals surface area contributed by atoms with Crippen molar-refractivity contribution in [1.29, 1.82) is 0 Å². The van der Waals surface area contributed by atoms with Crippen LogP contribution in [0.1, 0.15) is 46.0 Å². The van der Waals surface area contributed by atoms with Gasteiger partial charge in [0.05, 0.1) is 0 Å². The summed E-state index contributed by atoms with van der Waals surface area (Å²) in [6.07, 6.45) is 4.62. The SMILES string of the molecule is CC(C)C(N)CCN(C)C(=O)C1CCN(C(=O)N2CCCC2)CC1. The van der Waals surface area contributed by atoms with Gasteiger partial charge in [0, 0.05) is 51.7 Å². The zero-order valence-corrected chi connectivity index (χ0v) is 15.5. The Morgan fingerprint density at radius 1 is 1.08 bits per heavy atom. The van der Waals surface area contributed by atoms with Crippen molar-refractivity contribution in [2.24, 2.45) is 17.6 Å². The van der Waals surface area contributed by atoms with Gasteiger partial charge in [-0.3, -0.25) is 4.79 Å². The molecule has 2 rings (SSSR count). The second kappa shape index (κ2) is 8.70. The Bertz CT molecular complexity index is 427. The van der Waals surface area contributed by atoms with Gasteiger partial charge in [-0.25, -0.2) is 4.79 Å². The Hall–Kier alpha value is -1.30. The lowest BCUT2D eigenvalue weighted by Crippen LogP contribution is -2.48. The molecule has 0 saturated carbocycles. The van der Waals surface area contributed by atoms with Crippen LogP contribution in [-0.4, -0.2) is 72.5 Å². The quantitative estimate of drug-likeness (QED) is 0.830. The number of nitrogens with zero attached hydrogens (tertiary/aromatic N) is 3. The van der Waals surface area contributed by atoms with Crippen LogP contribution in [0.15, 0.2) is 0 Å². The van der Waals surface area contributed by atoms with Crippen molar-refractivity contribution >= 4 is 11.9 Å². The van der Waals surface area contributed by atoms with Crippen LogP contribution in [0.25, 0.3) is 0 Å². The first-order valence-corrected chi connectivity index (χ1v) is 9.44. The fourth-order valence-electron chi connectivity index (χ4n) is 3.52. The highest BCUT2D eigenvalue weighted by Gasteiger charge is 2.31. The molecule has 2 aliphatic heterocycles. The zero-order valence-electron chi connectivity index (χ0n) is 15.5. The maximum Gasteiger partial charge on any atom is 0.319 e. The minimum absolute atomic E-state index is 0.0490. The van der Waals surface area contributed by atoms with E-state index in [0.29, 0.717) is 25.6 Å². The Morgan fingerprint density at radius 2 is 1.62 bits per heavy atom. The van der Waals surface area contributed by atoms with Gasteiger partial charge in [0.25, 0.3) is 0 Å². The van der Waals surface area contributed by atoms with Crippen LogP contribution in [0.4, 0.5) is 4.79 Å². The van der Waals surface area contributed by atoms with Crippen LogP contribution in [-0.2, 0) is 4.79 Å². The van der Waals surface area contributed by atoms with Gasteiger partial charge >= 0.3 is 6.03 Å². The molecule has 0 aliphatic carbocycles. The van der Waals surface area contributed by atoms with Gasteiger partial charge in [-0.05, 0) is 38.0 Å². The average molecular weight is 338 g/mol. The Morgan fingerprint density at radius 3 is 2.17 bits per heavy atom. The smallest absolute Gasteiger partial charge is 0.319 e. The van der Waals surface area contributed by atoms with Crippen LogP contribution in [0.2, 0.25) is 0 Å². The lowest BCUT2D eigenvalue weighted by Gasteiger charge is -2.35. The van der Waals surface area contributed by atoms with Crippen molar-refractivity contribution in [2.45, 2.75) is 52.0 Å². The summed E-state index contributed by atoms with van der Waals surface area (Å²) in [5.41, 5.74) is 6.07. The first kappa shape index (κ1) is 19.0. The van der Waals surface area contributed by atoms with Gasteiger partial charge in [0.15, 0.2) is 0 Å². The molecule has 0 bridgehead atoms. The Balaban J connectivity index is 1.74. The predicted octanol–water partition coefficient (Wildman–Crippen LogP) is 1.75. The van der Waals surface area contributed by atoms with Gasteiger partial charge in [-0.15, -0.1) is 0 Å². The third-order valence-electron chi connectivity index (χ3n) is 5.52. The molecule has 24 heavy (non-hydrogen) atoms. The van der Waals surface area contributed by atoms with E-state index in [-0.39, 0.29) is 23.9 Å². The standard InChI is InChI=1S/C18H34N4O2/c1-14(2)16(19)8-11-20(3)17(23)15-6-12-22(13-7-15)18(24)21-9-4-5-10-21/h14-16H,4-13,19H2,1-3H3. The molecule has 6 heteroatoms. The zero-order chi connectivity index (χ0) is 17.7. The molecule has 0 aromatic rings. The maximum absolute atomic E-state index is 12.6. The summed E-state index contributed by atoms with van der Waals surface area (Å²) in [6.45, 7) is 8.10. The largest absolute Gasteiger partial charge is 0.345 e. The Kier molecular flexibility index (Phi) is 6.90. The summed E-state index contributed by atoms with van der Waals surface area (Å²) in [4.78, 5) is 30.7. The number of carbonyl (C=O) groups is 2. The van der Waals surface area contributed by atoms with Crippen LogP contribution >= 0.6 is 0 Å². The molecule has 2 aliphatic rings. The van der Waals surface area contributed by atoms with Gasteiger partial charge < -0.3 is 20.4 Å². The Labute approximate surface area is 146 Å². The lowest BCUT2D eigenvalue weighted by atomic mass is 9.95. The summed E-state index contributed by atoms with van der Waals surface area (Å²) in [5.74, 6) is 0.695. The van der Waals surface area contributed by atoms with Crippen molar-refractivity contribution in [2.75, 3.05) is 39.8 Å². The fraction of sp³-hybridized carbons (Fsp3) is 0.889. The van der Waals surface area contributed by atoms with Gasteiger partial charge in [0.1, 0.15) is 0 Å². The molecule has 138 valence electrons. The monoisotopic (exact) mass is 338 g/mol. The summed E-state index contributed by atoms with van der Waals surface area (Å²) >= 11 is 0. The van der Waals surface area contributed by atoms with E-state index in [1.807, 2.05) is 21.7 Å². The van der Waals surface area contributed by atoms with E-state index in [4.69, 9.17) is 5.73 Å². The molecule has 1 atom stereocenters. The van der Waals surface area contributed by atoms with E-state index in [1.165, 1.54) is 0 Å². The molecule has 1 unspecified atom stereocenters.